The average molecular weight is 195 g/mol. The molecule has 14 heavy (non-hydrogen) atoms. The van der Waals surface area contributed by atoms with E-state index in [1.807, 2.05) is 0 Å². The summed E-state index contributed by atoms with van der Waals surface area (Å²) in [6.45, 7) is 0. The fourth-order valence-corrected chi connectivity index (χ4v) is 2.49. The molecule has 2 heteroatoms. The van der Waals surface area contributed by atoms with Crippen molar-refractivity contribution in [3.63, 3.8) is 0 Å². The highest BCUT2D eigenvalue weighted by Gasteiger charge is 2.20. The van der Waals surface area contributed by atoms with E-state index in [2.05, 4.69) is 5.32 Å². The molecule has 0 aromatic carbocycles. The fourth-order valence-electron chi connectivity index (χ4n) is 2.49. The number of nitrogens with one attached hydrogen (secondary N) is 1. The summed E-state index contributed by atoms with van der Waals surface area (Å²) in [5.74, 6) is 1.14. The Morgan fingerprint density at radius 2 is 1.79 bits per heavy atom. The van der Waals surface area contributed by atoms with Crippen molar-refractivity contribution in [3.05, 3.63) is 0 Å². The first-order chi connectivity index (χ1) is 6.84. The molecule has 80 valence electrons. The summed E-state index contributed by atoms with van der Waals surface area (Å²) >= 11 is 0. The highest BCUT2D eigenvalue weighted by atomic mass is 16.1. The quantitative estimate of drug-likeness (QED) is 0.734. The van der Waals surface area contributed by atoms with Crippen LogP contribution >= 0.6 is 0 Å². The molecule has 0 radical (unpaired) electrons. The second-order valence-electron chi connectivity index (χ2n) is 4.88. The largest absolute Gasteiger partial charge is 0.353 e. The minimum absolute atomic E-state index is 0.293. The minimum atomic E-state index is 0.293. The Kier molecular flexibility index (Phi) is 3.44. The van der Waals surface area contributed by atoms with Crippen molar-refractivity contribution in [2.24, 2.45) is 5.92 Å². The van der Waals surface area contributed by atoms with E-state index in [4.69, 9.17) is 0 Å². The summed E-state index contributed by atoms with van der Waals surface area (Å²) in [6, 6.07) is 0.520. The van der Waals surface area contributed by atoms with Crippen molar-refractivity contribution in [2.45, 2.75) is 63.8 Å². The van der Waals surface area contributed by atoms with Gasteiger partial charge in [-0.1, -0.05) is 25.7 Å². The Balaban J connectivity index is 1.57. The van der Waals surface area contributed by atoms with Crippen LogP contribution in [0.4, 0.5) is 0 Å². The van der Waals surface area contributed by atoms with E-state index >= 15 is 0 Å². The third-order valence-electron chi connectivity index (χ3n) is 3.72. The van der Waals surface area contributed by atoms with Crippen LogP contribution in [0.1, 0.15) is 57.8 Å². The minimum Gasteiger partial charge on any atom is -0.353 e. The summed E-state index contributed by atoms with van der Waals surface area (Å²) < 4.78 is 0. The second-order valence-corrected chi connectivity index (χ2v) is 4.88. The number of hydrogen-bond donors (Lipinski definition) is 1. The topological polar surface area (TPSA) is 29.1 Å². The number of rotatable bonds is 4. The third-order valence-corrected chi connectivity index (χ3v) is 3.72. The zero-order chi connectivity index (χ0) is 9.80. The zero-order valence-electron chi connectivity index (χ0n) is 8.93. The average Bonchev–Trinajstić information content (AvgIpc) is 2.60. The van der Waals surface area contributed by atoms with E-state index in [1.165, 1.54) is 44.9 Å². The van der Waals surface area contributed by atoms with Crippen molar-refractivity contribution < 1.29 is 4.79 Å². The lowest BCUT2D eigenvalue weighted by Gasteiger charge is -2.26. The molecule has 2 rings (SSSR count). The standard InChI is InChI=1S/C12H21NO/c14-12(13-11-6-3-7-11)9-8-10-4-1-2-5-10/h10-11H,1-9H2,(H,13,14). The normalized spacial score (nSPS) is 23.4. The van der Waals surface area contributed by atoms with Crippen molar-refractivity contribution in [1.82, 2.24) is 5.32 Å². The van der Waals surface area contributed by atoms with Crippen molar-refractivity contribution in [3.8, 4) is 0 Å². The van der Waals surface area contributed by atoms with Gasteiger partial charge in [0, 0.05) is 12.5 Å². The van der Waals surface area contributed by atoms with Gasteiger partial charge < -0.3 is 5.32 Å². The molecule has 0 aromatic heterocycles. The van der Waals surface area contributed by atoms with Crippen LogP contribution in [0.5, 0.6) is 0 Å². The molecule has 0 saturated heterocycles. The molecule has 0 unspecified atom stereocenters. The van der Waals surface area contributed by atoms with Crippen LogP contribution in [-0.2, 0) is 4.79 Å². The lowest BCUT2D eigenvalue weighted by Crippen LogP contribution is -2.39. The molecule has 0 spiro atoms. The first-order valence-corrected chi connectivity index (χ1v) is 6.14. The number of carbonyl (C=O) groups is 1. The predicted octanol–water partition coefficient (Wildman–Crippen LogP) is 2.63. The molecule has 1 N–H and O–H groups in total. The molecule has 0 bridgehead atoms. The van der Waals surface area contributed by atoms with Gasteiger partial charge in [-0.05, 0) is 31.6 Å². The van der Waals surface area contributed by atoms with Crippen LogP contribution in [0.3, 0.4) is 0 Å². The molecule has 0 heterocycles. The first-order valence-electron chi connectivity index (χ1n) is 6.14. The zero-order valence-corrected chi connectivity index (χ0v) is 8.93. The molecule has 0 aliphatic heterocycles. The van der Waals surface area contributed by atoms with E-state index in [1.54, 1.807) is 0 Å². The summed E-state index contributed by atoms with van der Waals surface area (Å²) in [7, 11) is 0. The van der Waals surface area contributed by atoms with Gasteiger partial charge >= 0.3 is 0 Å². The lowest BCUT2D eigenvalue weighted by molar-refractivity contribution is -0.122. The molecule has 2 aliphatic carbocycles. The Morgan fingerprint density at radius 3 is 2.36 bits per heavy atom. The van der Waals surface area contributed by atoms with Crippen LogP contribution in [0.15, 0.2) is 0 Å². The van der Waals surface area contributed by atoms with E-state index in [0.29, 0.717) is 11.9 Å². The summed E-state index contributed by atoms with van der Waals surface area (Å²) in [5.41, 5.74) is 0. The summed E-state index contributed by atoms with van der Waals surface area (Å²) in [5, 5.41) is 3.10. The van der Waals surface area contributed by atoms with Gasteiger partial charge in [0.2, 0.25) is 5.91 Å². The molecule has 2 aliphatic rings. The fraction of sp³-hybridized carbons (Fsp3) is 0.917. The van der Waals surface area contributed by atoms with E-state index < -0.39 is 0 Å². The van der Waals surface area contributed by atoms with Crippen LogP contribution in [0.2, 0.25) is 0 Å². The second kappa shape index (κ2) is 4.81. The Morgan fingerprint density at radius 1 is 1.07 bits per heavy atom. The Labute approximate surface area is 86.5 Å². The molecule has 0 aromatic rings. The lowest BCUT2D eigenvalue weighted by atomic mass is 9.93. The van der Waals surface area contributed by atoms with Gasteiger partial charge in [-0.15, -0.1) is 0 Å². The highest BCUT2D eigenvalue weighted by molar-refractivity contribution is 5.76. The van der Waals surface area contributed by atoms with Gasteiger partial charge in [-0.25, -0.2) is 0 Å². The molecule has 2 nitrogen and oxygen atoms in total. The van der Waals surface area contributed by atoms with Crippen LogP contribution in [-0.4, -0.2) is 11.9 Å². The van der Waals surface area contributed by atoms with E-state index in [9.17, 15) is 4.79 Å². The van der Waals surface area contributed by atoms with Crippen molar-refractivity contribution in [2.75, 3.05) is 0 Å². The molecule has 2 fully saturated rings. The Hall–Kier alpha value is -0.530. The van der Waals surface area contributed by atoms with Crippen molar-refractivity contribution in [1.29, 1.82) is 0 Å². The van der Waals surface area contributed by atoms with Gasteiger partial charge in [-0.3, -0.25) is 4.79 Å². The maximum atomic E-state index is 11.5. The molecule has 0 atom stereocenters. The van der Waals surface area contributed by atoms with Crippen molar-refractivity contribution >= 4 is 5.91 Å². The summed E-state index contributed by atoms with van der Waals surface area (Å²) in [4.78, 5) is 11.5. The van der Waals surface area contributed by atoms with Crippen LogP contribution in [0, 0.1) is 5.92 Å². The van der Waals surface area contributed by atoms with Crippen LogP contribution < -0.4 is 5.32 Å². The number of carbonyl (C=O) groups excluding carboxylic acids is 1. The third kappa shape index (κ3) is 2.73. The molecule has 1 amide bonds. The Bertz CT molecular complexity index is 192. The smallest absolute Gasteiger partial charge is 0.220 e. The van der Waals surface area contributed by atoms with Crippen LogP contribution in [0.25, 0.3) is 0 Å². The summed E-state index contributed by atoms with van der Waals surface area (Å²) in [6.07, 6.45) is 11.1. The van der Waals surface area contributed by atoms with Gasteiger partial charge in [0.15, 0.2) is 0 Å². The monoisotopic (exact) mass is 195 g/mol. The molecular formula is C12H21NO. The maximum Gasteiger partial charge on any atom is 0.220 e. The number of amides is 1. The number of hydrogen-bond acceptors (Lipinski definition) is 1. The molecular weight excluding hydrogens is 174 g/mol. The van der Waals surface area contributed by atoms with E-state index in [0.717, 1.165) is 18.8 Å². The van der Waals surface area contributed by atoms with Gasteiger partial charge in [0.1, 0.15) is 0 Å². The first kappa shape index (κ1) is 10.0. The highest BCUT2D eigenvalue weighted by Crippen LogP contribution is 2.28. The SMILES string of the molecule is O=C(CCC1CCCC1)NC1CCC1. The van der Waals surface area contributed by atoms with Gasteiger partial charge in [-0.2, -0.15) is 0 Å². The predicted molar refractivity (Wildman–Crippen MR) is 57.0 cm³/mol. The van der Waals surface area contributed by atoms with Gasteiger partial charge in [0.05, 0.1) is 0 Å². The maximum absolute atomic E-state index is 11.5. The van der Waals surface area contributed by atoms with Gasteiger partial charge in [0.25, 0.3) is 0 Å². The molecule has 2 saturated carbocycles. The van der Waals surface area contributed by atoms with E-state index in [-0.39, 0.29) is 0 Å².